The first-order valence-corrected chi connectivity index (χ1v) is 10.7. The lowest BCUT2D eigenvalue weighted by molar-refractivity contribution is 0.519. The molecule has 4 nitrogen and oxygen atoms in total. The third-order valence-electron chi connectivity index (χ3n) is 6.53. The van der Waals surface area contributed by atoms with Gasteiger partial charge in [-0.2, -0.15) is 5.26 Å². The summed E-state index contributed by atoms with van der Waals surface area (Å²) in [4.78, 5) is 14.9. The van der Waals surface area contributed by atoms with Crippen LogP contribution in [0.15, 0.2) is 69.9 Å². The van der Waals surface area contributed by atoms with E-state index in [4.69, 9.17) is 4.42 Å². The van der Waals surface area contributed by atoms with Gasteiger partial charge in [-0.25, -0.2) is 4.79 Å². The summed E-state index contributed by atoms with van der Waals surface area (Å²) in [6.07, 6.45) is 3.32. The Morgan fingerprint density at radius 3 is 2.26 bits per heavy atom. The van der Waals surface area contributed by atoms with Gasteiger partial charge in [0.1, 0.15) is 11.8 Å². The van der Waals surface area contributed by atoms with Crippen molar-refractivity contribution in [2.24, 2.45) is 0 Å². The molecule has 5 aromatic rings. The lowest BCUT2D eigenvalue weighted by atomic mass is 9.91. The summed E-state index contributed by atoms with van der Waals surface area (Å²) in [5, 5.41) is 16.6. The van der Waals surface area contributed by atoms with Crippen LogP contribution in [0.3, 0.4) is 0 Å². The maximum absolute atomic E-state index is 12.8. The molecule has 6 rings (SSSR count). The summed E-state index contributed by atoms with van der Waals surface area (Å²) in [7, 11) is 0. The van der Waals surface area contributed by atoms with Crippen molar-refractivity contribution < 1.29 is 4.42 Å². The first kappa shape index (κ1) is 18.0. The van der Waals surface area contributed by atoms with Crippen LogP contribution in [0.1, 0.15) is 24.8 Å². The van der Waals surface area contributed by atoms with Gasteiger partial charge in [-0.15, -0.1) is 0 Å². The molecule has 2 heterocycles. The molecular weight excluding hydrogens is 384 g/mol. The molecule has 31 heavy (non-hydrogen) atoms. The molecule has 1 aromatic heterocycles. The van der Waals surface area contributed by atoms with Crippen molar-refractivity contribution in [3.63, 3.8) is 0 Å². The van der Waals surface area contributed by atoms with Gasteiger partial charge in [0.05, 0.1) is 5.69 Å². The zero-order chi connectivity index (χ0) is 20.9. The number of anilines is 1. The standard InChI is InChI=1S/C27H20N2O2/c28-16-22-23(29-13-2-1-3-14-29)15-24(31-27(22)30)20-11-9-19-8-7-17-5-4-6-18-10-12-21(20)26(19)25(17)18/h4-12,15H,1-3,13-14H2. The predicted octanol–water partition coefficient (Wildman–Crippen LogP) is 6.07. The Kier molecular flexibility index (Phi) is 3.97. The number of benzene rings is 4. The van der Waals surface area contributed by atoms with E-state index < -0.39 is 5.63 Å². The van der Waals surface area contributed by atoms with E-state index in [1.807, 2.05) is 12.1 Å². The zero-order valence-corrected chi connectivity index (χ0v) is 17.0. The van der Waals surface area contributed by atoms with Crippen LogP contribution >= 0.6 is 0 Å². The SMILES string of the molecule is N#Cc1c(N2CCCCC2)cc(-c2ccc3ccc4cccc5ccc2c3c45)oc1=O. The van der Waals surface area contributed by atoms with Crippen molar-refractivity contribution in [1.29, 1.82) is 5.26 Å². The molecule has 0 saturated carbocycles. The van der Waals surface area contributed by atoms with Crippen molar-refractivity contribution in [3.8, 4) is 17.4 Å². The fraction of sp³-hybridized carbons (Fsp3) is 0.185. The smallest absolute Gasteiger partial charge is 0.356 e. The van der Waals surface area contributed by atoms with Gasteiger partial charge in [-0.3, -0.25) is 0 Å². The van der Waals surface area contributed by atoms with Gasteiger partial charge in [0.15, 0.2) is 5.56 Å². The summed E-state index contributed by atoms with van der Waals surface area (Å²) in [6, 6.07) is 22.9. The summed E-state index contributed by atoms with van der Waals surface area (Å²) in [5.41, 5.74) is 1.11. The van der Waals surface area contributed by atoms with E-state index in [1.54, 1.807) is 0 Å². The molecule has 1 saturated heterocycles. The van der Waals surface area contributed by atoms with Gasteiger partial charge in [0.2, 0.25) is 0 Å². The van der Waals surface area contributed by atoms with Crippen LogP contribution in [0, 0.1) is 11.3 Å². The van der Waals surface area contributed by atoms with Crippen LogP contribution in [0.5, 0.6) is 0 Å². The molecule has 0 bridgehead atoms. The molecular formula is C27H20N2O2. The van der Waals surface area contributed by atoms with E-state index in [2.05, 4.69) is 59.5 Å². The number of hydrogen-bond donors (Lipinski definition) is 0. The second kappa shape index (κ2) is 6.85. The summed E-state index contributed by atoms with van der Waals surface area (Å²) in [5.74, 6) is 0.516. The minimum absolute atomic E-state index is 0.100. The van der Waals surface area contributed by atoms with Crippen LogP contribution in [0.25, 0.3) is 43.6 Å². The topological polar surface area (TPSA) is 57.2 Å². The number of nitrogens with zero attached hydrogens (tertiary/aromatic N) is 2. The second-order valence-corrected chi connectivity index (χ2v) is 8.29. The molecule has 0 N–H and O–H groups in total. The molecule has 4 heteroatoms. The molecule has 0 radical (unpaired) electrons. The van der Waals surface area contributed by atoms with Gasteiger partial charge in [0, 0.05) is 24.7 Å². The van der Waals surface area contributed by atoms with Crippen LogP contribution < -0.4 is 10.5 Å². The molecule has 0 atom stereocenters. The van der Waals surface area contributed by atoms with Crippen molar-refractivity contribution in [2.75, 3.05) is 18.0 Å². The van der Waals surface area contributed by atoms with Crippen LogP contribution in [0.2, 0.25) is 0 Å². The summed E-state index contributed by atoms with van der Waals surface area (Å²) < 4.78 is 5.70. The third kappa shape index (κ3) is 2.70. The molecule has 0 aliphatic carbocycles. The van der Waals surface area contributed by atoms with Crippen molar-refractivity contribution in [2.45, 2.75) is 19.3 Å². The largest absolute Gasteiger partial charge is 0.422 e. The van der Waals surface area contributed by atoms with E-state index in [1.165, 1.54) is 28.0 Å². The fourth-order valence-corrected chi connectivity index (χ4v) is 5.05. The highest BCUT2D eigenvalue weighted by Gasteiger charge is 2.21. The predicted molar refractivity (Wildman–Crippen MR) is 125 cm³/mol. The lowest BCUT2D eigenvalue weighted by Gasteiger charge is -2.29. The van der Waals surface area contributed by atoms with E-state index in [-0.39, 0.29) is 5.56 Å². The maximum atomic E-state index is 12.8. The van der Waals surface area contributed by atoms with Gasteiger partial charge < -0.3 is 9.32 Å². The quantitative estimate of drug-likeness (QED) is 0.335. The number of nitriles is 1. The average Bonchev–Trinajstić information content (AvgIpc) is 2.82. The third-order valence-corrected chi connectivity index (χ3v) is 6.53. The van der Waals surface area contributed by atoms with Crippen molar-refractivity contribution >= 4 is 38.0 Å². The van der Waals surface area contributed by atoms with E-state index in [0.29, 0.717) is 11.4 Å². The highest BCUT2D eigenvalue weighted by atomic mass is 16.4. The summed E-state index contributed by atoms with van der Waals surface area (Å²) >= 11 is 0. The van der Waals surface area contributed by atoms with E-state index in [9.17, 15) is 10.1 Å². The number of hydrogen-bond acceptors (Lipinski definition) is 4. The van der Waals surface area contributed by atoms with Crippen LogP contribution in [0.4, 0.5) is 5.69 Å². The highest BCUT2D eigenvalue weighted by Crippen LogP contribution is 2.39. The van der Waals surface area contributed by atoms with Crippen LogP contribution in [-0.2, 0) is 0 Å². The molecule has 0 unspecified atom stereocenters. The maximum Gasteiger partial charge on any atom is 0.356 e. The zero-order valence-electron chi connectivity index (χ0n) is 17.0. The Hall–Kier alpha value is -3.84. The van der Waals surface area contributed by atoms with Crippen molar-refractivity contribution in [3.05, 3.63) is 76.6 Å². The first-order valence-electron chi connectivity index (χ1n) is 10.7. The minimum Gasteiger partial charge on any atom is -0.422 e. The Labute approximate surface area is 179 Å². The molecule has 0 amide bonds. The molecule has 4 aromatic carbocycles. The molecule has 1 fully saturated rings. The Morgan fingerprint density at radius 2 is 1.52 bits per heavy atom. The highest BCUT2D eigenvalue weighted by molar-refractivity contribution is 6.25. The average molecular weight is 404 g/mol. The van der Waals surface area contributed by atoms with Gasteiger partial charge in [-0.05, 0) is 57.6 Å². The Morgan fingerprint density at radius 1 is 0.839 bits per heavy atom. The van der Waals surface area contributed by atoms with Gasteiger partial charge in [-0.1, -0.05) is 48.5 Å². The molecule has 1 aliphatic rings. The van der Waals surface area contributed by atoms with E-state index >= 15 is 0 Å². The minimum atomic E-state index is -0.564. The fourth-order valence-electron chi connectivity index (χ4n) is 5.05. The second-order valence-electron chi connectivity index (χ2n) is 8.29. The molecule has 0 spiro atoms. The molecule has 150 valence electrons. The van der Waals surface area contributed by atoms with Crippen LogP contribution in [-0.4, -0.2) is 13.1 Å². The van der Waals surface area contributed by atoms with Gasteiger partial charge >= 0.3 is 5.63 Å². The number of rotatable bonds is 2. The molecule has 1 aliphatic heterocycles. The van der Waals surface area contributed by atoms with Crippen molar-refractivity contribution in [1.82, 2.24) is 0 Å². The summed E-state index contributed by atoms with van der Waals surface area (Å²) in [6.45, 7) is 1.71. The number of piperidine rings is 1. The monoisotopic (exact) mass is 404 g/mol. The Bertz CT molecular complexity index is 1540. The Balaban J connectivity index is 1.64. The van der Waals surface area contributed by atoms with E-state index in [0.717, 1.165) is 42.3 Å². The lowest BCUT2D eigenvalue weighted by Crippen LogP contribution is -2.31. The van der Waals surface area contributed by atoms with Gasteiger partial charge in [0.25, 0.3) is 0 Å². The normalized spacial score (nSPS) is 14.5. The first-order chi connectivity index (χ1) is 15.2.